The molecule has 0 aliphatic rings. The predicted octanol–water partition coefficient (Wildman–Crippen LogP) is 2.22. The van der Waals surface area contributed by atoms with Crippen LogP contribution in [-0.4, -0.2) is 35.4 Å². The first-order chi connectivity index (χ1) is 11.6. The third-order valence-electron chi connectivity index (χ3n) is 3.53. The van der Waals surface area contributed by atoms with Gasteiger partial charge in [-0.25, -0.2) is 4.79 Å². The minimum absolute atomic E-state index is 0.183. The Balaban J connectivity index is 2.12. The van der Waals surface area contributed by atoms with Crippen molar-refractivity contribution in [3.63, 3.8) is 0 Å². The summed E-state index contributed by atoms with van der Waals surface area (Å²) in [6.45, 7) is 0. The van der Waals surface area contributed by atoms with Gasteiger partial charge in [-0.05, 0) is 30.4 Å². The number of hydrogen-bond acceptors (Lipinski definition) is 5. The van der Waals surface area contributed by atoms with Crippen LogP contribution in [0.25, 0.3) is 23.1 Å². The number of carbonyl (C=O) groups is 1. The Morgan fingerprint density at radius 3 is 2.71 bits per heavy atom. The SMILES string of the molecule is COC(=O)c1ccc2n[nH]c(/C=C/c3cccc(=O)[nH]3)c2c1OC. The third kappa shape index (κ3) is 2.79. The van der Waals surface area contributed by atoms with Crippen LogP contribution in [-0.2, 0) is 4.74 Å². The lowest BCUT2D eigenvalue weighted by atomic mass is 10.1. The Bertz CT molecular complexity index is 985. The Morgan fingerprint density at radius 1 is 1.17 bits per heavy atom. The van der Waals surface area contributed by atoms with Crippen molar-refractivity contribution in [2.24, 2.45) is 0 Å². The van der Waals surface area contributed by atoms with Crippen LogP contribution in [0.3, 0.4) is 0 Å². The minimum atomic E-state index is -0.489. The molecule has 122 valence electrons. The highest BCUT2D eigenvalue weighted by atomic mass is 16.5. The van der Waals surface area contributed by atoms with Crippen LogP contribution < -0.4 is 10.3 Å². The molecule has 7 heteroatoms. The summed E-state index contributed by atoms with van der Waals surface area (Å²) < 4.78 is 10.2. The average molecular weight is 325 g/mol. The zero-order valence-corrected chi connectivity index (χ0v) is 13.1. The van der Waals surface area contributed by atoms with E-state index < -0.39 is 5.97 Å². The molecule has 3 rings (SSSR count). The number of carbonyl (C=O) groups excluding carboxylic acids is 1. The molecular formula is C17H15N3O4. The molecule has 3 aromatic rings. The lowest BCUT2D eigenvalue weighted by molar-refractivity contribution is 0.0597. The molecular weight excluding hydrogens is 310 g/mol. The fraction of sp³-hybridized carbons (Fsp3) is 0.118. The van der Waals surface area contributed by atoms with Crippen LogP contribution in [0.5, 0.6) is 5.75 Å². The molecule has 0 radical (unpaired) electrons. The van der Waals surface area contributed by atoms with Crippen molar-refractivity contribution in [3.05, 3.63) is 57.6 Å². The maximum Gasteiger partial charge on any atom is 0.341 e. The monoisotopic (exact) mass is 325 g/mol. The molecule has 2 N–H and O–H groups in total. The topological polar surface area (TPSA) is 97.1 Å². The molecule has 0 saturated carbocycles. The minimum Gasteiger partial charge on any atom is -0.495 e. The van der Waals surface area contributed by atoms with Gasteiger partial charge in [0.1, 0.15) is 11.3 Å². The molecule has 0 amide bonds. The van der Waals surface area contributed by atoms with Crippen molar-refractivity contribution in [2.45, 2.75) is 0 Å². The van der Waals surface area contributed by atoms with E-state index in [9.17, 15) is 9.59 Å². The highest BCUT2D eigenvalue weighted by molar-refractivity contribution is 6.03. The maximum absolute atomic E-state index is 11.9. The van der Waals surface area contributed by atoms with Gasteiger partial charge in [0, 0.05) is 11.8 Å². The van der Waals surface area contributed by atoms with Gasteiger partial charge in [0.15, 0.2) is 0 Å². The third-order valence-corrected chi connectivity index (χ3v) is 3.53. The van der Waals surface area contributed by atoms with E-state index in [1.54, 1.807) is 36.4 Å². The number of ether oxygens (including phenoxy) is 2. The molecule has 7 nitrogen and oxygen atoms in total. The molecule has 0 aliphatic carbocycles. The number of benzene rings is 1. The summed E-state index contributed by atoms with van der Waals surface area (Å²) in [6.07, 6.45) is 3.49. The molecule has 1 aromatic carbocycles. The predicted molar refractivity (Wildman–Crippen MR) is 90.0 cm³/mol. The van der Waals surface area contributed by atoms with E-state index >= 15 is 0 Å². The Kier molecular flexibility index (Phi) is 4.15. The molecule has 0 atom stereocenters. The van der Waals surface area contributed by atoms with E-state index in [4.69, 9.17) is 9.47 Å². The standard InChI is InChI=1S/C17H15N3O4/c1-23-16-11(17(22)24-2)7-9-13-15(16)12(19-20-13)8-6-10-4-3-5-14(21)18-10/h3-9H,1-2H3,(H,18,21)(H,19,20)/b8-6+. The van der Waals surface area contributed by atoms with Crippen LogP contribution in [0.1, 0.15) is 21.7 Å². The first kappa shape index (κ1) is 15.5. The first-order valence-electron chi connectivity index (χ1n) is 7.15. The summed E-state index contributed by atoms with van der Waals surface area (Å²) in [6, 6.07) is 8.19. The van der Waals surface area contributed by atoms with E-state index in [0.717, 1.165) is 0 Å². The highest BCUT2D eigenvalue weighted by Crippen LogP contribution is 2.32. The van der Waals surface area contributed by atoms with Gasteiger partial charge in [-0.15, -0.1) is 0 Å². The lowest BCUT2D eigenvalue weighted by Crippen LogP contribution is -2.04. The number of nitrogens with one attached hydrogen (secondary N) is 2. The second-order valence-electron chi connectivity index (χ2n) is 4.97. The lowest BCUT2D eigenvalue weighted by Gasteiger charge is -2.08. The van der Waals surface area contributed by atoms with Gasteiger partial charge in [0.05, 0.1) is 30.8 Å². The van der Waals surface area contributed by atoms with Crippen LogP contribution in [0, 0.1) is 0 Å². The number of aromatic amines is 2. The number of pyridine rings is 1. The molecule has 0 unspecified atom stereocenters. The van der Waals surface area contributed by atoms with Crippen LogP contribution >= 0.6 is 0 Å². The molecule has 2 heterocycles. The first-order valence-corrected chi connectivity index (χ1v) is 7.15. The fourth-order valence-corrected chi connectivity index (χ4v) is 2.44. The number of nitrogens with zero attached hydrogens (tertiary/aromatic N) is 1. The zero-order valence-electron chi connectivity index (χ0n) is 13.1. The number of aromatic nitrogens is 3. The van der Waals surface area contributed by atoms with Gasteiger partial charge in [-0.1, -0.05) is 6.07 Å². The van der Waals surface area contributed by atoms with Gasteiger partial charge < -0.3 is 14.5 Å². The van der Waals surface area contributed by atoms with E-state index in [0.29, 0.717) is 33.6 Å². The molecule has 0 spiro atoms. The number of H-pyrrole nitrogens is 2. The molecule has 0 aliphatic heterocycles. The van der Waals surface area contributed by atoms with Crippen molar-refractivity contribution in [1.29, 1.82) is 0 Å². The van der Waals surface area contributed by atoms with Gasteiger partial charge >= 0.3 is 5.97 Å². The molecule has 0 bridgehead atoms. The van der Waals surface area contributed by atoms with Crippen LogP contribution in [0.4, 0.5) is 0 Å². The smallest absolute Gasteiger partial charge is 0.341 e. The van der Waals surface area contributed by atoms with Crippen LogP contribution in [0.15, 0.2) is 35.1 Å². The van der Waals surface area contributed by atoms with Gasteiger partial charge in [0.25, 0.3) is 0 Å². The molecule has 24 heavy (non-hydrogen) atoms. The normalized spacial score (nSPS) is 11.1. The van der Waals surface area contributed by atoms with E-state index in [-0.39, 0.29) is 5.56 Å². The van der Waals surface area contributed by atoms with Crippen molar-refractivity contribution >= 4 is 29.0 Å². The van der Waals surface area contributed by atoms with Crippen molar-refractivity contribution in [2.75, 3.05) is 14.2 Å². The highest BCUT2D eigenvalue weighted by Gasteiger charge is 2.19. The fourth-order valence-electron chi connectivity index (χ4n) is 2.44. The van der Waals surface area contributed by atoms with Crippen molar-refractivity contribution in [1.82, 2.24) is 15.2 Å². The maximum atomic E-state index is 11.9. The Hall–Kier alpha value is -3.35. The quantitative estimate of drug-likeness (QED) is 0.717. The van der Waals surface area contributed by atoms with Gasteiger partial charge in [0.2, 0.25) is 5.56 Å². The molecule has 2 aromatic heterocycles. The number of esters is 1. The van der Waals surface area contributed by atoms with Crippen molar-refractivity contribution < 1.29 is 14.3 Å². The number of methoxy groups -OCH3 is 2. The van der Waals surface area contributed by atoms with Crippen molar-refractivity contribution in [3.8, 4) is 5.75 Å². The summed E-state index contributed by atoms with van der Waals surface area (Å²) in [5, 5.41) is 7.76. The zero-order chi connectivity index (χ0) is 17.1. The second kappa shape index (κ2) is 6.41. The van der Waals surface area contributed by atoms with Gasteiger partial charge in [-0.2, -0.15) is 5.10 Å². The molecule has 0 fully saturated rings. The number of fused-ring (bicyclic) bond motifs is 1. The number of hydrogen-bond donors (Lipinski definition) is 2. The largest absolute Gasteiger partial charge is 0.495 e. The van der Waals surface area contributed by atoms with E-state index in [1.807, 2.05) is 0 Å². The van der Waals surface area contributed by atoms with E-state index in [1.165, 1.54) is 20.3 Å². The summed E-state index contributed by atoms with van der Waals surface area (Å²) in [4.78, 5) is 25.9. The number of rotatable bonds is 4. The Morgan fingerprint density at radius 2 is 2.00 bits per heavy atom. The summed E-state index contributed by atoms with van der Waals surface area (Å²) in [5.74, 6) is -0.105. The molecule has 0 saturated heterocycles. The Labute approximate surface area is 136 Å². The van der Waals surface area contributed by atoms with E-state index in [2.05, 4.69) is 15.2 Å². The summed E-state index contributed by atoms with van der Waals surface area (Å²) >= 11 is 0. The van der Waals surface area contributed by atoms with Crippen LogP contribution in [0.2, 0.25) is 0 Å². The van der Waals surface area contributed by atoms with Gasteiger partial charge in [-0.3, -0.25) is 9.89 Å². The average Bonchev–Trinajstić information content (AvgIpc) is 3.01. The summed E-state index contributed by atoms with van der Waals surface area (Å²) in [7, 11) is 2.80. The second-order valence-corrected chi connectivity index (χ2v) is 4.97. The summed E-state index contributed by atoms with van der Waals surface area (Å²) in [5.41, 5.74) is 2.08.